The first-order valence-corrected chi connectivity index (χ1v) is 11.2. The number of carbonyl (C=O) groups excluding carboxylic acids is 1. The van der Waals surface area contributed by atoms with Crippen molar-refractivity contribution in [1.29, 1.82) is 0 Å². The molecule has 0 saturated heterocycles. The van der Waals surface area contributed by atoms with Crippen molar-refractivity contribution in [3.8, 4) is 5.75 Å². The number of carbonyl (C=O) groups is 1. The van der Waals surface area contributed by atoms with Crippen LogP contribution in [0.5, 0.6) is 5.75 Å². The lowest BCUT2D eigenvalue weighted by atomic mass is 9.98. The Hall–Kier alpha value is -3.38. The molecule has 1 aliphatic rings. The van der Waals surface area contributed by atoms with Crippen LogP contribution in [0.25, 0.3) is 11.0 Å². The molecule has 0 bridgehead atoms. The lowest BCUT2D eigenvalue weighted by molar-refractivity contribution is 0.0593. The molecule has 0 N–H and O–H groups in total. The van der Waals surface area contributed by atoms with Crippen LogP contribution in [0.3, 0.4) is 0 Å². The van der Waals surface area contributed by atoms with E-state index >= 15 is 0 Å². The van der Waals surface area contributed by atoms with Crippen molar-refractivity contribution < 1.29 is 18.7 Å². The minimum absolute atomic E-state index is 0.114. The molecule has 0 saturated carbocycles. The van der Waals surface area contributed by atoms with Crippen molar-refractivity contribution in [3.05, 3.63) is 87.8 Å². The Bertz CT molecular complexity index is 1240. The zero-order valence-electron chi connectivity index (χ0n) is 19.3. The Morgan fingerprint density at radius 2 is 2.00 bits per heavy atom. The Morgan fingerprint density at radius 1 is 1.18 bits per heavy atom. The molecule has 172 valence electrons. The molecule has 1 unspecified atom stereocenters. The zero-order valence-corrected chi connectivity index (χ0v) is 19.3. The van der Waals surface area contributed by atoms with Crippen molar-refractivity contribution in [2.45, 2.75) is 39.3 Å². The highest BCUT2D eigenvalue weighted by atomic mass is 16.5. The minimum atomic E-state index is -0.556. The van der Waals surface area contributed by atoms with E-state index in [1.54, 1.807) is 17.0 Å². The van der Waals surface area contributed by atoms with E-state index in [1.807, 2.05) is 57.2 Å². The molecule has 3 aromatic rings. The van der Waals surface area contributed by atoms with Gasteiger partial charge in [-0.05, 0) is 57.0 Å². The first-order valence-electron chi connectivity index (χ1n) is 11.2. The molecule has 0 aliphatic carbocycles. The molecule has 33 heavy (non-hydrogen) atoms. The number of amides is 1. The second-order valence-electron chi connectivity index (χ2n) is 8.52. The second kappa shape index (κ2) is 9.63. The van der Waals surface area contributed by atoms with Crippen molar-refractivity contribution in [2.75, 3.05) is 19.8 Å². The summed E-state index contributed by atoms with van der Waals surface area (Å²) in [6, 6.07) is 12.4. The number of nitrogens with zero attached hydrogens (tertiary/aromatic N) is 1. The summed E-state index contributed by atoms with van der Waals surface area (Å²) in [5, 5.41) is 0.482. The highest BCUT2D eigenvalue weighted by Crippen LogP contribution is 2.39. The second-order valence-corrected chi connectivity index (χ2v) is 8.52. The average molecular weight is 448 g/mol. The maximum atomic E-state index is 13.6. The summed E-state index contributed by atoms with van der Waals surface area (Å²) in [5.41, 5.74) is 2.38. The van der Waals surface area contributed by atoms with Crippen LogP contribution in [0.1, 0.15) is 53.6 Å². The van der Waals surface area contributed by atoms with Crippen LogP contribution in [0.4, 0.5) is 0 Å². The molecule has 0 spiro atoms. The summed E-state index contributed by atoms with van der Waals surface area (Å²) in [5.74, 6) is 0.484. The first kappa shape index (κ1) is 22.8. The molecule has 1 aromatic heterocycles. The first-order chi connectivity index (χ1) is 15.9. The van der Waals surface area contributed by atoms with Gasteiger partial charge in [-0.2, -0.15) is 0 Å². The lowest BCUT2D eigenvalue weighted by Gasteiger charge is -2.25. The van der Waals surface area contributed by atoms with Crippen molar-refractivity contribution in [1.82, 2.24) is 4.90 Å². The highest BCUT2D eigenvalue weighted by Gasteiger charge is 2.42. The van der Waals surface area contributed by atoms with Gasteiger partial charge < -0.3 is 18.8 Å². The van der Waals surface area contributed by atoms with Gasteiger partial charge in [0.05, 0.1) is 23.1 Å². The monoisotopic (exact) mass is 447 g/mol. The van der Waals surface area contributed by atoms with E-state index in [0.29, 0.717) is 48.5 Å². The van der Waals surface area contributed by atoms with E-state index in [1.165, 1.54) is 0 Å². The molecule has 1 amide bonds. The van der Waals surface area contributed by atoms with E-state index in [4.69, 9.17) is 13.9 Å². The maximum Gasteiger partial charge on any atom is 0.290 e. The van der Waals surface area contributed by atoms with Gasteiger partial charge in [0.25, 0.3) is 5.91 Å². The number of hydrogen-bond donors (Lipinski definition) is 0. The van der Waals surface area contributed by atoms with Gasteiger partial charge in [-0.3, -0.25) is 9.59 Å². The maximum absolute atomic E-state index is 13.6. The largest absolute Gasteiger partial charge is 0.490 e. The third kappa shape index (κ3) is 4.57. The number of rotatable bonds is 9. The van der Waals surface area contributed by atoms with Crippen LogP contribution < -0.4 is 10.2 Å². The van der Waals surface area contributed by atoms with Crippen LogP contribution in [0, 0.1) is 6.92 Å². The SMILES string of the molecule is C=CCOc1cccc(C2c3c(oc4ccc(C)cc4c3=O)C(=O)N2CCCOC(C)C)c1. The van der Waals surface area contributed by atoms with Gasteiger partial charge in [-0.15, -0.1) is 0 Å². The van der Waals surface area contributed by atoms with Gasteiger partial charge in [0.2, 0.25) is 5.76 Å². The fourth-order valence-corrected chi connectivity index (χ4v) is 4.19. The third-order valence-electron chi connectivity index (χ3n) is 5.66. The highest BCUT2D eigenvalue weighted by molar-refractivity contribution is 5.99. The van der Waals surface area contributed by atoms with Gasteiger partial charge in [-0.1, -0.05) is 36.4 Å². The molecule has 6 heteroatoms. The summed E-state index contributed by atoms with van der Waals surface area (Å²) in [7, 11) is 0. The Labute approximate surface area is 193 Å². The van der Waals surface area contributed by atoms with Crippen molar-refractivity contribution in [2.24, 2.45) is 0 Å². The van der Waals surface area contributed by atoms with Gasteiger partial charge in [0.15, 0.2) is 5.43 Å². The number of ether oxygens (including phenoxy) is 2. The van der Waals surface area contributed by atoms with Gasteiger partial charge in [-0.25, -0.2) is 0 Å². The summed E-state index contributed by atoms with van der Waals surface area (Å²) < 4.78 is 17.4. The van der Waals surface area contributed by atoms with Gasteiger partial charge in [0, 0.05) is 13.2 Å². The molecular weight excluding hydrogens is 418 g/mol. The van der Waals surface area contributed by atoms with Crippen LogP contribution in [-0.2, 0) is 4.74 Å². The van der Waals surface area contributed by atoms with E-state index in [9.17, 15) is 9.59 Å². The molecule has 2 aromatic carbocycles. The summed E-state index contributed by atoms with van der Waals surface area (Å²) in [4.78, 5) is 28.8. The molecule has 2 heterocycles. The van der Waals surface area contributed by atoms with E-state index < -0.39 is 6.04 Å². The van der Waals surface area contributed by atoms with E-state index in [0.717, 1.165) is 11.1 Å². The molecule has 0 fully saturated rings. The van der Waals surface area contributed by atoms with E-state index in [2.05, 4.69) is 6.58 Å². The predicted molar refractivity (Wildman–Crippen MR) is 128 cm³/mol. The molecule has 1 aliphatic heterocycles. The fourth-order valence-electron chi connectivity index (χ4n) is 4.19. The number of hydrogen-bond acceptors (Lipinski definition) is 5. The third-order valence-corrected chi connectivity index (χ3v) is 5.66. The zero-order chi connectivity index (χ0) is 23.5. The van der Waals surface area contributed by atoms with Crippen molar-refractivity contribution >= 4 is 16.9 Å². The van der Waals surface area contributed by atoms with Gasteiger partial charge >= 0.3 is 0 Å². The molecule has 0 radical (unpaired) electrons. The number of benzene rings is 2. The van der Waals surface area contributed by atoms with Crippen LogP contribution in [0.15, 0.2) is 64.3 Å². The Morgan fingerprint density at radius 3 is 2.76 bits per heavy atom. The fraction of sp³-hybridized carbons (Fsp3) is 0.333. The van der Waals surface area contributed by atoms with E-state index in [-0.39, 0.29) is 23.2 Å². The van der Waals surface area contributed by atoms with Crippen LogP contribution >= 0.6 is 0 Å². The summed E-state index contributed by atoms with van der Waals surface area (Å²) in [6.45, 7) is 10.9. The molecule has 1 atom stereocenters. The lowest BCUT2D eigenvalue weighted by Crippen LogP contribution is -2.31. The van der Waals surface area contributed by atoms with Crippen LogP contribution in [-0.4, -0.2) is 36.7 Å². The molecule has 4 rings (SSSR count). The predicted octanol–water partition coefficient (Wildman–Crippen LogP) is 5.03. The standard InChI is InChI=1S/C27H29NO5/c1-5-13-32-20-9-6-8-19(16-20)24-23-25(29)21-15-18(4)10-11-22(21)33-26(23)27(30)28(24)12-7-14-31-17(2)3/h5-6,8-11,15-17,24H,1,7,12-14H2,2-4H3. The normalized spacial score (nSPS) is 15.3. The quantitative estimate of drug-likeness (QED) is 0.340. The average Bonchev–Trinajstić information content (AvgIpc) is 3.08. The topological polar surface area (TPSA) is 69.0 Å². The molecule has 6 nitrogen and oxygen atoms in total. The van der Waals surface area contributed by atoms with Crippen LogP contribution in [0.2, 0.25) is 0 Å². The minimum Gasteiger partial charge on any atom is -0.490 e. The van der Waals surface area contributed by atoms with Gasteiger partial charge in [0.1, 0.15) is 17.9 Å². The Balaban J connectivity index is 1.80. The Kier molecular flexibility index (Phi) is 6.65. The summed E-state index contributed by atoms with van der Waals surface area (Å²) >= 11 is 0. The number of fused-ring (bicyclic) bond motifs is 2. The van der Waals surface area contributed by atoms with Crippen molar-refractivity contribution in [3.63, 3.8) is 0 Å². The number of aryl methyl sites for hydroxylation is 1. The smallest absolute Gasteiger partial charge is 0.290 e. The summed E-state index contributed by atoms with van der Waals surface area (Å²) in [6.07, 6.45) is 2.43. The molecular formula is C27H29NO5.